The van der Waals surface area contributed by atoms with Crippen molar-refractivity contribution in [3.8, 4) is 0 Å². The van der Waals surface area contributed by atoms with Gasteiger partial charge in [0.15, 0.2) is 0 Å². The lowest BCUT2D eigenvalue weighted by Crippen LogP contribution is -2.45. The zero-order valence-corrected chi connectivity index (χ0v) is 14.4. The van der Waals surface area contributed by atoms with Gasteiger partial charge in [0.2, 0.25) is 0 Å². The maximum Gasteiger partial charge on any atom is 0.0966 e. The van der Waals surface area contributed by atoms with E-state index >= 15 is 0 Å². The highest BCUT2D eigenvalue weighted by atomic mass is 16.3. The SMILES string of the molecule is CC(C)(NCCc1cccc2ccccc12)[C@H](O)c1ccccc1. The van der Waals surface area contributed by atoms with Gasteiger partial charge in [0.1, 0.15) is 0 Å². The topological polar surface area (TPSA) is 32.3 Å². The molecule has 2 heteroatoms. The predicted octanol–water partition coefficient (Wildman–Crippen LogP) is 4.48. The van der Waals surface area contributed by atoms with E-state index in [1.807, 2.05) is 44.2 Å². The van der Waals surface area contributed by atoms with Crippen LogP contribution in [0.3, 0.4) is 0 Å². The predicted molar refractivity (Wildman–Crippen MR) is 101 cm³/mol. The Hall–Kier alpha value is -2.16. The molecule has 2 N–H and O–H groups in total. The van der Waals surface area contributed by atoms with Gasteiger partial charge in [-0.25, -0.2) is 0 Å². The Morgan fingerprint density at radius 1 is 0.875 bits per heavy atom. The molecule has 2 nitrogen and oxygen atoms in total. The molecule has 1 atom stereocenters. The molecule has 0 saturated carbocycles. The number of rotatable bonds is 6. The molecule has 3 aromatic carbocycles. The Morgan fingerprint density at radius 2 is 1.54 bits per heavy atom. The van der Waals surface area contributed by atoms with Gasteiger partial charge in [-0.3, -0.25) is 0 Å². The molecule has 0 spiro atoms. The maximum absolute atomic E-state index is 10.7. The molecule has 0 saturated heterocycles. The third kappa shape index (κ3) is 3.66. The summed E-state index contributed by atoms with van der Waals surface area (Å²) in [5, 5.41) is 16.8. The number of aliphatic hydroxyl groups excluding tert-OH is 1. The third-order valence-electron chi connectivity index (χ3n) is 4.65. The van der Waals surface area contributed by atoms with Gasteiger partial charge in [-0.2, -0.15) is 0 Å². The van der Waals surface area contributed by atoms with E-state index in [0.29, 0.717) is 0 Å². The lowest BCUT2D eigenvalue weighted by Gasteiger charge is -2.32. The Labute approximate surface area is 144 Å². The van der Waals surface area contributed by atoms with Gasteiger partial charge in [0, 0.05) is 5.54 Å². The number of hydrogen-bond donors (Lipinski definition) is 2. The fourth-order valence-corrected chi connectivity index (χ4v) is 3.18. The highest BCUT2D eigenvalue weighted by Gasteiger charge is 2.28. The summed E-state index contributed by atoms with van der Waals surface area (Å²) in [7, 11) is 0. The number of nitrogens with one attached hydrogen (secondary N) is 1. The molecular formula is C22H25NO. The molecule has 0 aliphatic carbocycles. The first-order chi connectivity index (χ1) is 11.6. The minimum absolute atomic E-state index is 0.383. The Balaban J connectivity index is 1.66. The van der Waals surface area contributed by atoms with Crippen LogP contribution in [0.1, 0.15) is 31.1 Å². The van der Waals surface area contributed by atoms with Crippen LogP contribution in [0.5, 0.6) is 0 Å². The van der Waals surface area contributed by atoms with E-state index in [0.717, 1.165) is 18.5 Å². The van der Waals surface area contributed by atoms with Crippen LogP contribution in [-0.2, 0) is 6.42 Å². The fraction of sp³-hybridized carbons (Fsp3) is 0.273. The molecule has 0 unspecified atom stereocenters. The first kappa shape index (κ1) is 16.7. The van der Waals surface area contributed by atoms with Crippen molar-refractivity contribution in [3.05, 3.63) is 83.9 Å². The lowest BCUT2D eigenvalue weighted by molar-refractivity contribution is 0.0807. The molecular weight excluding hydrogens is 294 g/mol. The molecule has 0 aromatic heterocycles. The van der Waals surface area contributed by atoms with Crippen LogP contribution < -0.4 is 5.32 Å². The highest BCUT2D eigenvalue weighted by Crippen LogP contribution is 2.25. The van der Waals surface area contributed by atoms with Crippen LogP contribution in [0, 0.1) is 0 Å². The molecule has 0 amide bonds. The fourth-order valence-electron chi connectivity index (χ4n) is 3.18. The minimum Gasteiger partial charge on any atom is -0.387 e. The Morgan fingerprint density at radius 3 is 2.33 bits per heavy atom. The van der Waals surface area contributed by atoms with Gasteiger partial charge in [-0.15, -0.1) is 0 Å². The lowest BCUT2D eigenvalue weighted by atomic mass is 9.91. The molecule has 0 heterocycles. The molecule has 24 heavy (non-hydrogen) atoms. The van der Waals surface area contributed by atoms with Crippen molar-refractivity contribution in [2.45, 2.75) is 31.9 Å². The minimum atomic E-state index is -0.536. The average Bonchev–Trinajstić information content (AvgIpc) is 2.62. The second kappa shape index (κ2) is 7.16. The quantitative estimate of drug-likeness (QED) is 0.702. The van der Waals surface area contributed by atoms with Gasteiger partial charge in [0.25, 0.3) is 0 Å². The second-order valence-corrected chi connectivity index (χ2v) is 6.85. The Bertz CT molecular complexity index is 790. The molecule has 0 bridgehead atoms. The molecule has 0 aliphatic heterocycles. The monoisotopic (exact) mass is 319 g/mol. The van der Waals surface area contributed by atoms with Crippen LogP contribution >= 0.6 is 0 Å². The Kier molecular flexibility index (Phi) is 4.98. The second-order valence-electron chi connectivity index (χ2n) is 6.85. The van der Waals surface area contributed by atoms with Crippen molar-refractivity contribution >= 4 is 10.8 Å². The van der Waals surface area contributed by atoms with Gasteiger partial charge < -0.3 is 10.4 Å². The van der Waals surface area contributed by atoms with Crippen LogP contribution in [0.15, 0.2) is 72.8 Å². The first-order valence-electron chi connectivity index (χ1n) is 8.52. The van der Waals surface area contributed by atoms with Crippen molar-refractivity contribution in [2.75, 3.05) is 6.54 Å². The summed E-state index contributed by atoms with van der Waals surface area (Å²) >= 11 is 0. The van der Waals surface area contributed by atoms with Crippen LogP contribution in [0.25, 0.3) is 10.8 Å². The number of aliphatic hydroxyl groups is 1. The van der Waals surface area contributed by atoms with Crippen molar-refractivity contribution in [2.24, 2.45) is 0 Å². The van der Waals surface area contributed by atoms with E-state index in [9.17, 15) is 5.11 Å². The summed E-state index contributed by atoms with van der Waals surface area (Å²) in [5.74, 6) is 0. The molecule has 0 radical (unpaired) electrons. The third-order valence-corrected chi connectivity index (χ3v) is 4.65. The van der Waals surface area contributed by atoms with Gasteiger partial charge in [0.05, 0.1) is 6.10 Å². The van der Waals surface area contributed by atoms with Crippen molar-refractivity contribution < 1.29 is 5.11 Å². The molecule has 0 fully saturated rings. The molecule has 124 valence electrons. The van der Waals surface area contributed by atoms with E-state index in [1.54, 1.807) is 0 Å². The summed E-state index contributed by atoms with van der Waals surface area (Å²) in [6.07, 6.45) is 0.401. The van der Waals surface area contributed by atoms with Gasteiger partial charge in [-0.1, -0.05) is 72.8 Å². The smallest absolute Gasteiger partial charge is 0.0966 e. The molecule has 3 rings (SSSR count). The van der Waals surface area contributed by atoms with E-state index in [-0.39, 0.29) is 5.54 Å². The van der Waals surface area contributed by atoms with E-state index in [2.05, 4.69) is 47.8 Å². The van der Waals surface area contributed by atoms with Crippen molar-refractivity contribution in [1.82, 2.24) is 5.32 Å². The number of benzene rings is 3. The summed E-state index contributed by atoms with van der Waals surface area (Å²) < 4.78 is 0. The first-order valence-corrected chi connectivity index (χ1v) is 8.52. The van der Waals surface area contributed by atoms with Crippen molar-refractivity contribution in [1.29, 1.82) is 0 Å². The number of fused-ring (bicyclic) bond motifs is 1. The summed E-state index contributed by atoms with van der Waals surface area (Å²) in [5.41, 5.74) is 1.90. The normalized spacial score (nSPS) is 13.1. The zero-order valence-electron chi connectivity index (χ0n) is 14.4. The van der Waals surface area contributed by atoms with Gasteiger partial charge in [-0.05, 0) is 48.7 Å². The van der Waals surface area contributed by atoms with E-state index < -0.39 is 6.10 Å². The molecule has 3 aromatic rings. The highest BCUT2D eigenvalue weighted by molar-refractivity contribution is 5.85. The molecule has 0 aliphatic rings. The van der Waals surface area contributed by atoms with Crippen LogP contribution in [0.2, 0.25) is 0 Å². The summed E-state index contributed by atoms with van der Waals surface area (Å²) in [6.45, 7) is 4.92. The van der Waals surface area contributed by atoms with E-state index in [4.69, 9.17) is 0 Å². The zero-order chi connectivity index (χ0) is 17.0. The number of hydrogen-bond acceptors (Lipinski definition) is 2. The van der Waals surface area contributed by atoms with E-state index in [1.165, 1.54) is 16.3 Å². The van der Waals surface area contributed by atoms with Crippen LogP contribution in [0.4, 0.5) is 0 Å². The summed E-state index contributed by atoms with van der Waals surface area (Å²) in [4.78, 5) is 0. The summed E-state index contributed by atoms with van der Waals surface area (Å²) in [6, 6.07) is 24.8. The maximum atomic E-state index is 10.7. The standard InChI is InChI=1S/C22H25NO/c1-22(2,21(24)19-10-4-3-5-11-19)23-16-15-18-13-8-12-17-9-6-7-14-20(17)18/h3-14,21,23-24H,15-16H2,1-2H3/t21-/m1/s1. The van der Waals surface area contributed by atoms with Crippen LogP contribution in [-0.4, -0.2) is 17.2 Å². The van der Waals surface area contributed by atoms with Gasteiger partial charge >= 0.3 is 0 Å². The largest absolute Gasteiger partial charge is 0.387 e. The van der Waals surface area contributed by atoms with Crippen molar-refractivity contribution in [3.63, 3.8) is 0 Å². The average molecular weight is 319 g/mol.